The Morgan fingerprint density at radius 3 is 0.750 bits per heavy atom. The molecule has 0 rings (SSSR count). The fourth-order valence-corrected chi connectivity index (χ4v) is 5.34. The maximum atomic E-state index is 2.58. The summed E-state index contributed by atoms with van der Waals surface area (Å²) in [4.78, 5) is 0. The first kappa shape index (κ1) is 35.7. The van der Waals surface area contributed by atoms with E-state index in [1.54, 1.807) is 0 Å². The minimum atomic E-state index is 1.31. The molecule has 0 aliphatic heterocycles. The van der Waals surface area contributed by atoms with E-state index in [1.807, 2.05) is 0 Å². The van der Waals surface area contributed by atoms with Crippen molar-refractivity contribution in [3.63, 3.8) is 0 Å². The Labute approximate surface area is 231 Å². The molecular formula is C36H71. The molecular weight excluding hydrogens is 432 g/mol. The summed E-state index contributed by atoms with van der Waals surface area (Å²) in [6.45, 7) is 4.60. The molecule has 0 saturated heterocycles. The van der Waals surface area contributed by atoms with Crippen molar-refractivity contribution in [1.82, 2.24) is 0 Å². The van der Waals surface area contributed by atoms with Crippen molar-refractivity contribution in [2.24, 2.45) is 0 Å². The van der Waals surface area contributed by atoms with Gasteiger partial charge >= 0.3 is 0 Å². The van der Waals surface area contributed by atoms with Crippen LogP contribution in [0.4, 0.5) is 0 Å². The predicted molar refractivity (Wildman–Crippen MR) is 168 cm³/mol. The van der Waals surface area contributed by atoms with Crippen molar-refractivity contribution in [2.75, 3.05) is 0 Å². The molecule has 0 nitrogen and oxygen atoms in total. The van der Waals surface area contributed by atoms with Gasteiger partial charge in [-0.05, 0) is 32.1 Å². The molecule has 1 radical (unpaired) electrons. The van der Waals surface area contributed by atoms with Crippen molar-refractivity contribution in [3.05, 3.63) is 18.6 Å². The maximum Gasteiger partial charge on any atom is -0.0351 e. The van der Waals surface area contributed by atoms with Gasteiger partial charge in [0.05, 0.1) is 0 Å². The fourth-order valence-electron chi connectivity index (χ4n) is 5.34. The lowest BCUT2D eigenvalue weighted by Gasteiger charge is -2.04. The van der Waals surface area contributed by atoms with Crippen molar-refractivity contribution in [2.45, 2.75) is 213 Å². The van der Waals surface area contributed by atoms with Crippen molar-refractivity contribution in [1.29, 1.82) is 0 Å². The third kappa shape index (κ3) is 33.7. The number of unbranched alkanes of at least 4 members (excludes halogenated alkanes) is 30. The fraction of sp³-hybridized carbons (Fsp3) is 0.917. The Balaban J connectivity index is 3.05. The SMILES string of the molecule is CCCCCCCC/C=C\CCCCCCCC[CH]CCCCCCCCCCCCCCCCC. The molecule has 0 bridgehead atoms. The second-order valence-electron chi connectivity index (χ2n) is 11.8. The van der Waals surface area contributed by atoms with Crippen molar-refractivity contribution < 1.29 is 0 Å². The quantitative estimate of drug-likeness (QED) is 0.0632. The average molecular weight is 504 g/mol. The molecule has 0 amide bonds. The topological polar surface area (TPSA) is 0 Å². The van der Waals surface area contributed by atoms with Crippen molar-refractivity contribution in [3.8, 4) is 0 Å². The Kier molecular flexibility index (Phi) is 34.5. The van der Waals surface area contributed by atoms with E-state index < -0.39 is 0 Å². The maximum absolute atomic E-state index is 2.58. The second kappa shape index (κ2) is 34.7. The molecule has 0 atom stereocenters. The lowest BCUT2D eigenvalue weighted by molar-refractivity contribution is 0.530. The molecule has 0 N–H and O–H groups in total. The summed E-state index contributed by atoms with van der Waals surface area (Å²) in [6.07, 6.45) is 51.9. The van der Waals surface area contributed by atoms with Crippen molar-refractivity contribution >= 4 is 0 Å². The summed E-state index contributed by atoms with van der Waals surface area (Å²) < 4.78 is 0. The molecule has 0 spiro atoms. The monoisotopic (exact) mass is 504 g/mol. The minimum absolute atomic E-state index is 1.31. The van der Waals surface area contributed by atoms with Gasteiger partial charge in [0.15, 0.2) is 0 Å². The molecule has 0 heterocycles. The summed E-state index contributed by atoms with van der Waals surface area (Å²) in [5.74, 6) is 0. The standard InChI is InChI=1S/C36H71/c1-3-5-7-9-11-13-15-17-19-21-23-25-27-29-31-33-35-36-34-32-30-28-26-24-22-20-18-16-14-12-10-8-6-4-2/h17,19,36H,3-16,18,20-35H2,1-2H3/b19-17-. The van der Waals surface area contributed by atoms with E-state index in [4.69, 9.17) is 0 Å². The van der Waals surface area contributed by atoms with Crippen LogP contribution in [0.5, 0.6) is 0 Å². The van der Waals surface area contributed by atoms with Crippen LogP contribution < -0.4 is 0 Å². The first-order valence-corrected chi connectivity index (χ1v) is 17.4. The van der Waals surface area contributed by atoms with Gasteiger partial charge < -0.3 is 0 Å². The molecule has 0 saturated carbocycles. The average Bonchev–Trinajstić information content (AvgIpc) is 2.89. The number of allylic oxidation sites excluding steroid dienone is 2. The van der Waals surface area contributed by atoms with Crippen LogP contribution in [-0.2, 0) is 0 Å². The van der Waals surface area contributed by atoms with Gasteiger partial charge in [-0.25, -0.2) is 0 Å². The summed E-state index contributed by atoms with van der Waals surface area (Å²) in [7, 11) is 0. The summed E-state index contributed by atoms with van der Waals surface area (Å²) in [6, 6.07) is 0. The molecule has 0 aromatic heterocycles. The van der Waals surface area contributed by atoms with E-state index in [0.717, 1.165) is 0 Å². The van der Waals surface area contributed by atoms with E-state index in [0.29, 0.717) is 0 Å². The van der Waals surface area contributed by atoms with Crippen LogP contribution in [0.15, 0.2) is 12.2 Å². The Hall–Kier alpha value is -0.260. The van der Waals surface area contributed by atoms with Gasteiger partial charge in [0, 0.05) is 0 Å². The van der Waals surface area contributed by atoms with Gasteiger partial charge in [-0.3, -0.25) is 0 Å². The van der Waals surface area contributed by atoms with Gasteiger partial charge in [-0.2, -0.15) is 0 Å². The zero-order chi connectivity index (χ0) is 26.0. The van der Waals surface area contributed by atoms with Gasteiger partial charge in [-0.1, -0.05) is 199 Å². The normalized spacial score (nSPS) is 11.7. The number of hydrogen-bond acceptors (Lipinski definition) is 0. The lowest BCUT2D eigenvalue weighted by atomic mass is 10.0. The van der Waals surface area contributed by atoms with Crippen LogP contribution in [-0.4, -0.2) is 0 Å². The molecule has 0 aromatic rings. The largest absolute Gasteiger partial charge is 0.0885 e. The molecule has 0 aliphatic rings. The predicted octanol–water partition coefficient (Wildman–Crippen LogP) is 13.9. The molecule has 215 valence electrons. The smallest absolute Gasteiger partial charge is 0.0351 e. The molecule has 0 fully saturated rings. The third-order valence-electron chi connectivity index (χ3n) is 7.93. The summed E-state index contributed by atoms with van der Waals surface area (Å²) in [5, 5.41) is 0. The van der Waals surface area contributed by atoms with E-state index in [2.05, 4.69) is 32.4 Å². The number of hydrogen-bond donors (Lipinski definition) is 0. The van der Waals surface area contributed by atoms with Gasteiger partial charge in [-0.15, -0.1) is 0 Å². The Bertz CT molecular complexity index is 381. The van der Waals surface area contributed by atoms with Crippen LogP contribution in [0, 0.1) is 6.42 Å². The van der Waals surface area contributed by atoms with Crippen LogP contribution in [0.3, 0.4) is 0 Å². The molecule has 0 aromatic carbocycles. The lowest BCUT2D eigenvalue weighted by Crippen LogP contribution is -1.85. The van der Waals surface area contributed by atoms with Gasteiger partial charge in [0.1, 0.15) is 0 Å². The van der Waals surface area contributed by atoms with E-state index in [9.17, 15) is 0 Å². The first-order chi connectivity index (χ1) is 17.9. The molecule has 0 heteroatoms. The van der Waals surface area contributed by atoms with E-state index in [-0.39, 0.29) is 0 Å². The summed E-state index contributed by atoms with van der Waals surface area (Å²) >= 11 is 0. The molecule has 0 aliphatic carbocycles. The van der Waals surface area contributed by atoms with Crippen LogP contribution in [0.25, 0.3) is 0 Å². The highest BCUT2D eigenvalue weighted by molar-refractivity contribution is 4.81. The van der Waals surface area contributed by atoms with Crippen LogP contribution >= 0.6 is 0 Å². The second-order valence-corrected chi connectivity index (χ2v) is 11.8. The van der Waals surface area contributed by atoms with Crippen LogP contribution in [0.1, 0.15) is 213 Å². The van der Waals surface area contributed by atoms with E-state index in [1.165, 1.54) is 199 Å². The van der Waals surface area contributed by atoms with Gasteiger partial charge in [0.25, 0.3) is 0 Å². The Morgan fingerprint density at radius 1 is 0.250 bits per heavy atom. The summed E-state index contributed by atoms with van der Waals surface area (Å²) in [5.41, 5.74) is 0. The Morgan fingerprint density at radius 2 is 0.472 bits per heavy atom. The van der Waals surface area contributed by atoms with Crippen LogP contribution in [0.2, 0.25) is 0 Å². The minimum Gasteiger partial charge on any atom is -0.0885 e. The van der Waals surface area contributed by atoms with Gasteiger partial charge in [0.2, 0.25) is 0 Å². The number of rotatable bonds is 32. The third-order valence-corrected chi connectivity index (χ3v) is 7.93. The zero-order valence-corrected chi connectivity index (χ0v) is 25.7. The highest BCUT2D eigenvalue weighted by atomic mass is 14.0. The highest BCUT2D eigenvalue weighted by Crippen LogP contribution is 2.15. The molecule has 0 unspecified atom stereocenters. The zero-order valence-electron chi connectivity index (χ0n) is 25.7. The van der Waals surface area contributed by atoms with E-state index >= 15 is 0 Å². The highest BCUT2D eigenvalue weighted by Gasteiger charge is 1.96. The first-order valence-electron chi connectivity index (χ1n) is 17.4. The molecule has 36 heavy (non-hydrogen) atoms.